The molecule has 1 N–H and O–H groups in total. The molecule has 0 unspecified atom stereocenters. The minimum Gasteiger partial charge on any atom is -0.326 e. The lowest BCUT2D eigenvalue weighted by atomic mass is 10.1. The van der Waals surface area contributed by atoms with Gasteiger partial charge in [0.1, 0.15) is 6.33 Å². The normalized spacial score (nSPS) is 10.4. The summed E-state index contributed by atoms with van der Waals surface area (Å²) in [6, 6.07) is 11.6. The molecular weight excluding hydrogens is 274 g/mol. The van der Waals surface area contributed by atoms with Crippen molar-refractivity contribution >= 4 is 22.6 Å². The van der Waals surface area contributed by atoms with Gasteiger partial charge in [0.05, 0.1) is 11.0 Å². The molecule has 0 fully saturated rings. The maximum atomic E-state index is 11.3. The third kappa shape index (κ3) is 2.57. The quantitative estimate of drug-likeness (QED) is 0.736. The first kappa shape index (κ1) is 13.9. The number of rotatable bonds is 2. The van der Waals surface area contributed by atoms with Gasteiger partial charge in [0.2, 0.25) is 5.91 Å². The van der Waals surface area contributed by atoms with Crippen LogP contribution in [0.1, 0.15) is 18.1 Å². The van der Waals surface area contributed by atoms with Gasteiger partial charge in [-0.2, -0.15) is 0 Å². The van der Waals surface area contributed by atoms with Gasteiger partial charge >= 0.3 is 0 Å². The number of aromatic nitrogens is 2. The van der Waals surface area contributed by atoms with Crippen molar-refractivity contribution in [1.82, 2.24) is 9.55 Å². The Kier molecular flexibility index (Phi) is 3.40. The first-order valence-electron chi connectivity index (χ1n) is 6.90. The number of carbonyl (C=O) groups excluding carboxylic acids is 1. The van der Waals surface area contributed by atoms with Crippen LogP contribution in [-0.2, 0) is 4.79 Å². The summed E-state index contributed by atoms with van der Waals surface area (Å²) in [5.41, 5.74) is 5.39. The maximum absolute atomic E-state index is 11.3. The van der Waals surface area contributed by atoms with Crippen LogP contribution in [0, 0.1) is 19.3 Å². The molecule has 0 saturated heterocycles. The number of nitrogens with one attached hydrogen (secondary N) is 1. The Morgan fingerprint density at radius 1 is 1.27 bits per heavy atom. The van der Waals surface area contributed by atoms with Crippen molar-refractivity contribution in [2.75, 3.05) is 5.32 Å². The molecule has 1 aromatic heterocycles. The fraction of sp³-hybridized carbons (Fsp3) is 0.111. The third-order valence-corrected chi connectivity index (χ3v) is 3.37. The van der Waals surface area contributed by atoms with Crippen molar-refractivity contribution in [2.24, 2.45) is 0 Å². The number of fused-ring (bicyclic) bond motifs is 1. The van der Waals surface area contributed by atoms with Crippen LogP contribution < -0.4 is 5.32 Å². The van der Waals surface area contributed by atoms with Gasteiger partial charge in [0.25, 0.3) is 0 Å². The van der Waals surface area contributed by atoms with Gasteiger partial charge in [0.15, 0.2) is 0 Å². The Labute approximate surface area is 128 Å². The molecule has 0 radical (unpaired) electrons. The predicted octanol–water partition coefficient (Wildman–Crippen LogP) is 3.27. The topological polar surface area (TPSA) is 46.9 Å². The van der Waals surface area contributed by atoms with E-state index in [1.54, 1.807) is 6.33 Å². The molecule has 22 heavy (non-hydrogen) atoms. The van der Waals surface area contributed by atoms with E-state index in [0.29, 0.717) is 0 Å². The van der Waals surface area contributed by atoms with E-state index in [4.69, 9.17) is 6.42 Å². The molecule has 4 nitrogen and oxygen atoms in total. The van der Waals surface area contributed by atoms with Crippen LogP contribution in [0.3, 0.4) is 0 Å². The average Bonchev–Trinajstić information content (AvgIpc) is 2.88. The van der Waals surface area contributed by atoms with E-state index in [-0.39, 0.29) is 5.91 Å². The van der Waals surface area contributed by atoms with Gasteiger partial charge in [-0.25, -0.2) is 4.98 Å². The van der Waals surface area contributed by atoms with Crippen LogP contribution >= 0.6 is 0 Å². The molecule has 1 heterocycles. The standard InChI is InChI=1S/C18H15N3O/c1-4-14-5-6-18-17(9-14)19-11-21(18)16-8-12(2)7-15(10-16)20-13(3)22/h1,5-11H,2-3H3,(H,20,22). The van der Waals surface area contributed by atoms with E-state index < -0.39 is 0 Å². The Balaban J connectivity index is 2.13. The fourth-order valence-corrected chi connectivity index (χ4v) is 2.49. The van der Waals surface area contributed by atoms with Crippen molar-refractivity contribution in [3.63, 3.8) is 0 Å². The molecule has 2 aromatic carbocycles. The second-order valence-corrected chi connectivity index (χ2v) is 5.20. The number of carbonyl (C=O) groups is 1. The Morgan fingerprint density at radius 2 is 2.09 bits per heavy atom. The average molecular weight is 289 g/mol. The van der Waals surface area contributed by atoms with Crippen molar-refractivity contribution < 1.29 is 4.79 Å². The Morgan fingerprint density at radius 3 is 2.82 bits per heavy atom. The number of amides is 1. The van der Waals surface area contributed by atoms with Crippen LogP contribution in [0.15, 0.2) is 42.7 Å². The Bertz CT molecular complexity index is 916. The zero-order valence-corrected chi connectivity index (χ0v) is 12.4. The number of terminal acetylenes is 1. The van der Waals surface area contributed by atoms with E-state index in [9.17, 15) is 4.79 Å². The van der Waals surface area contributed by atoms with Gasteiger partial charge in [0, 0.05) is 23.9 Å². The lowest BCUT2D eigenvalue weighted by Gasteiger charge is -2.10. The first-order valence-corrected chi connectivity index (χ1v) is 6.90. The molecule has 0 atom stereocenters. The second-order valence-electron chi connectivity index (χ2n) is 5.20. The summed E-state index contributed by atoms with van der Waals surface area (Å²) in [6.45, 7) is 3.49. The summed E-state index contributed by atoms with van der Waals surface area (Å²) >= 11 is 0. The summed E-state index contributed by atoms with van der Waals surface area (Å²) < 4.78 is 1.98. The summed E-state index contributed by atoms with van der Waals surface area (Å²) in [5, 5.41) is 2.82. The number of anilines is 1. The molecule has 0 bridgehead atoms. The highest BCUT2D eigenvalue weighted by molar-refractivity contribution is 5.89. The molecular formula is C18H15N3O. The zero-order valence-electron chi connectivity index (χ0n) is 12.4. The van der Waals surface area contributed by atoms with E-state index in [2.05, 4.69) is 16.2 Å². The molecule has 3 aromatic rings. The predicted molar refractivity (Wildman–Crippen MR) is 88.0 cm³/mol. The second kappa shape index (κ2) is 5.38. The van der Waals surface area contributed by atoms with Crippen molar-refractivity contribution in [2.45, 2.75) is 13.8 Å². The third-order valence-electron chi connectivity index (χ3n) is 3.37. The van der Waals surface area contributed by atoms with Gasteiger partial charge < -0.3 is 5.32 Å². The van der Waals surface area contributed by atoms with Crippen LogP contribution in [0.2, 0.25) is 0 Å². The number of aryl methyl sites for hydroxylation is 1. The van der Waals surface area contributed by atoms with Crippen molar-refractivity contribution in [3.8, 4) is 18.0 Å². The largest absolute Gasteiger partial charge is 0.326 e. The lowest BCUT2D eigenvalue weighted by Crippen LogP contribution is -2.06. The SMILES string of the molecule is C#Cc1ccc2c(c1)ncn2-c1cc(C)cc(NC(C)=O)c1. The number of benzene rings is 2. The summed E-state index contributed by atoms with van der Waals surface area (Å²) in [7, 11) is 0. The van der Waals surface area contributed by atoms with Crippen LogP contribution in [0.4, 0.5) is 5.69 Å². The maximum Gasteiger partial charge on any atom is 0.221 e. The fourth-order valence-electron chi connectivity index (χ4n) is 2.49. The van der Waals surface area contributed by atoms with E-state index in [0.717, 1.165) is 33.5 Å². The smallest absolute Gasteiger partial charge is 0.221 e. The molecule has 0 spiro atoms. The van der Waals surface area contributed by atoms with Crippen LogP contribution in [0.25, 0.3) is 16.7 Å². The lowest BCUT2D eigenvalue weighted by molar-refractivity contribution is -0.114. The monoisotopic (exact) mass is 289 g/mol. The molecule has 4 heteroatoms. The number of hydrogen-bond acceptors (Lipinski definition) is 2. The van der Waals surface area contributed by atoms with E-state index >= 15 is 0 Å². The van der Waals surface area contributed by atoms with Crippen LogP contribution in [0.5, 0.6) is 0 Å². The first-order chi connectivity index (χ1) is 10.6. The Hall–Kier alpha value is -3.06. The minimum absolute atomic E-state index is 0.0919. The molecule has 3 rings (SSSR count). The van der Waals surface area contributed by atoms with Gasteiger partial charge in [-0.3, -0.25) is 9.36 Å². The van der Waals surface area contributed by atoms with Gasteiger partial charge in [-0.15, -0.1) is 6.42 Å². The molecule has 0 aliphatic carbocycles. The molecule has 108 valence electrons. The molecule has 0 aliphatic heterocycles. The number of imidazole rings is 1. The zero-order chi connectivity index (χ0) is 15.7. The highest BCUT2D eigenvalue weighted by atomic mass is 16.1. The van der Waals surface area contributed by atoms with Gasteiger partial charge in [-0.05, 0) is 48.9 Å². The van der Waals surface area contributed by atoms with E-state index in [1.807, 2.05) is 47.9 Å². The van der Waals surface area contributed by atoms with E-state index in [1.165, 1.54) is 6.92 Å². The molecule has 0 saturated carbocycles. The highest BCUT2D eigenvalue weighted by Gasteiger charge is 2.07. The van der Waals surface area contributed by atoms with Crippen LogP contribution in [-0.4, -0.2) is 15.5 Å². The summed E-state index contributed by atoms with van der Waals surface area (Å²) in [5.74, 6) is 2.52. The molecule has 0 aliphatic rings. The summed E-state index contributed by atoms with van der Waals surface area (Å²) in [6.07, 6.45) is 7.18. The number of hydrogen-bond donors (Lipinski definition) is 1. The van der Waals surface area contributed by atoms with Crippen molar-refractivity contribution in [3.05, 3.63) is 53.9 Å². The number of nitrogens with zero attached hydrogens (tertiary/aromatic N) is 2. The minimum atomic E-state index is -0.0919. The molecule has 1 amide bonds. The van der Waals surface area contributed by atoms with Gasteiger partial charge in [-0.1, -0.05) is 5.92 Å². The highest BCUT2D eigenvalue weighted by Crippen LogP contribution is 2.23. The summed E-state index contributed by atoms with van der Waals surface area (Å²) in [4.78, 5) is 15.7. The van der Waals surface area contributed by atoms with Crippen molar-refractivity contribution in [1.29, 1.82) is 0 Å².